The van der Waals surface area contributed by atoms with Gasteiger partial charge in [-0.25, -0.2) is 0 Å². The van der Waals surface area contributed by atoms with Gasteiger partial charge in [-0.15, -0.1) is 0 Å². The molecule has 1 aromatic carbocycles. The molecular weight excluding hydrogens is 220 g/mol. The standard InChI is InChI=1S/C13H15ClN2/c1-13(2,10-4-5-10)16-12-6-3-9(8-15)7-11(12)14/h3,6-7,10,16H,4-5H2,1-2H3. The Bertz CT molecular complexity index is 442. The minimum Gasteiger partial charge on any atom is -0.379 e. The van der Waals surface area contributed by atoms with Crippen LogP contribution in [0, 0.1) is 17.2 Å². The van der Waals surface area contributed by atoms with Crippen LogP contribution in [0.1, 0.15) is 32.3 Å². The zero-order valence-corrected chi connectivity index (χ0v) is 10.3. The number of anilines is 1. The molecule has 0 heterocycles. The van der Waals surface area contributed by atoms with Gasteiger partial charge in [0.1, 0.15) is 0 Å². The molecule has 2 nitrogen and oxygen atoms in total. The lowest BCUT2D eigenvalue weighted by molar-refractivity contribution is 0.494. The summed E-state index contributed by atoms with van der Waals surface area (Å²) in [6, 6.07) is 7.45. The van der Waals surface area contributed by atoms with Gasteiger partial charge in [0, 0.05) is 5.54 Å². The first-order valence-corrected chi connectivity index (χ1v) is 5.88. The second-order valence-corrected chi connectivity index (χ2v) is 5.33. The largest absolute Gasteiger partial charge is 0.379 e. The van der Waals surface area contributed by atoms with Crippen LogP contribution in [0.25, 0.3) is 0 Å². The van der Waals surface area contributed by atoms with Gasteiger partial charge in [0.2, 0.25) is 0 Å². The van der Waals surface area contributed by atoms with Crippen molar-refractivity contribution in [3.05, 3.63) is 28.8 Å². The Kier molecular flexibility index (Phi) is 2.82. The fraction of sp³-hybridized carbons (Fsp3) is 0.462. The predicted molar refractivity (Wildman–Crippen MR) is 66.6 cm³/mol. The summed E-state index contributed by atoms with van der Waals surface area (Å²) in [6.45, 7) is 4.39. The van der Waals surface area contributed by atoms with E-state index >= 15 is 0 Å². The molecular formula is C13H15ClN2. The van der Waals surface area contributed by atoms with Crippen molar-refractivity contribution < 1.29 is 0 Å². The van der Waals surface area contributed by atoms with Gasteiger partial charge in [-0.3, -0.25) is 0 Å². The Morgan fingerprint density at radius 3 is 2.62 bits per heavy atom. The van der Waals surface area contributed by atoms with E-state index in [1.165, 1.54) is 12.8 Å². The van der Waals surface area contributed by atoms with E-state index in [9.17, 15) is 0 Å². The lowest BCUT2D eigenvalue weighted by Gasteiger charge is -2.28. The normalized spacial score (nSPS) is 15.6. The summed E-state index contributed by atoms with van der Waals surface area (Å²) in [4.78, 5) is 0. The average molecular weight is 235 g/mol. The zero-order valence-electron chi connectivity index (χ0n) is 9.55. The zero-order chi connectivity index (χ0) is 11.8. The summed E-state index contributed by atoms with van der Waals surface area (Å²) in [5, 5.41) is 12.8. The molecule has 1 fully saturated rings. The van der Waals surface area contributed by atoms with Crippen molar-refractivity contribution in [3.63, 3.8) is 0 Å². The van der Waals surface area contributed by atoms with Gasteiger partial charge in [-0.05, 0) is 50.8 Å². The first-order valence-electron chi connectivity index (χ1n) is 5.51. The number of rotatable bonds is 3. The molecule has 1 N–H and O–H groups in total. The number of hydrogen-bond acceptors (Lipinski definition) is 2. The molecule has 0 spiro atoms. The molecule has 0 amide bonds. The maximum absolute atomic E-state index is 8.75. The van der Waals surface area contributed by atoms with Gasteiger partial charge >= 0.3 is 0 Å². The molecule has 0 aliphatic heterocycles. The number of nitrogens with one attached hydrogen (secondary N) is 1. The highest BCUT2D eigenvalue weighted by Crippen LogP contribution is 2.41. The van der Waals surface area contributed by atoms with Crippen molar-refractivity contribution in [1.29, 1.82) is 5.26 Å². The summed E-state index contributed by atoms with van der Waals surface area (Å²) in [5.41, 5.74) is 1.59. The highest BCUT2D eigenvalue weighted by Gasteiger charge is 2.37. The van der Waals surface area contributed by atoms with E-state index in [4.69, 9.17) is 16.9 Å². The number of nitrogens with zero attached hydrogens (tertiary/aromatic N) is 1. The summed E-state index contributed by atoms with van der Waals surface area (Å²) in [7, 11) is 0. The van der Waals surface area contributed by atoms with Crippen LogP contribution in [0.4, 0.5) is 5.69 Å². The predicted octanol–water partition coefficient (Wildman–Crippen LogP) is 3.81. The molecule has 0 radical (unpaired) electrons. The van der Waals surface area contributed by atoms with Crippen molar-refractivity contribution in [2.24, 2.45) is 5.92 Å². The van der Waals surface area contributed by atoms with Gasteiger partial charge in [-0.1, -0.05) is 11.6 Å². The Labute approximate surface area is 101 Å². The molecule has 16 heavy (non-hydrogen) atoms. The summed E-state index contributed by atoms with van der Waals surface area (Å²) in [5.74, 6) is 0.735. The van der Waals surface area contributed by atoms with Crippen molar-refractivity contribution in [1.82, 2.24) is 0 Å². The van der Waals surface area contributed by atoms with Crippen molar-refractivity contribution in [2.75, 3.05) is 5.32 Å². The quantitative estimate of drug-likeness (QED) is 0.863. The number of benzene rings is 1. The summed E-state index contributed by atoms with van der Waals surface area (Å²) < 4.78 is 0. The smallest absolute Gasteiger partial charge is 0.0992 e. The average Bonchev–Trinajstić information content (AvgIpc) is 3.04. The maximum atomic E-state index is 8.75. The lowest BCUT2D eigenvalue weighted by atomic mass is 9.98. The van der Waals surface area contributed by atoms with Crippen LogP contribution in [0.15, 0.2) is 18.2 Å². The third kappa shape index (κ3) is 2.31. The molecule has 3 heteroatoms. The second kappa shape index (κ2) is 3.99. The van der Waals surface area contributed by atoms with Crippen molar-refractivity contribution in [3.8, 4) is 6.07 Å². The fourth-order valence-electron chi connectivity index (χ4n) is 1.94. The third-order valence-corrected chi connectivity index (χ3v) is 3.47. The number of nitriles is 1. The summed E-state index contributed by atoms with van der Waals surface area (Å²) in [6.07, 6.45) is 2.57. The molecule has 1 aliphatic rings. The molecule has 0 aromatic heterocycles. The fourth-order valence-corrected chi connectivity index (χ4v) is 2.17. The molecule has 1 aromatic rings. The SMILES string of the molecule is CC(C)(Nc1ccc(C#N)cc1Cl)C1CC1. The van der Waals surface area contributed by atoms with E-state index in [0.717, 1.165) is 11.6 Å². The van der Waals surface area contributed by atoms with Gasteiger partial charge in [0.25, 0.3) is 0 Å². The Hall–Kier alpha value is -1.20. The number of halogens is 1. The van der Waals surface area contributed by atoms with E-state index in [1.54, 1.807) is 12.1 Å². The molecule has 1 aliphatic carbocycles. The molecule has 0 bridgehead atoms. The second-order valence-electron chi connectivity index (χ2n) is 4.93. The van der Waals surface area contributed by atoms with E-state index in [-0.39, 0.29) is 5.54 Å². The summed E-state index contributed by atoms with van der Waals surface area (Å²) >= 11 is 6.13. The molecule has 2 rings (SSSR count). The van der Waals surface area contributed by atoms with E-state index in [2.05, 4.69) is 25.2 Å². The third-order valence-electron chi connectivity index (χ3n) is 3.15. The van der Waals surface area contributed by atoms with Crippen LogP contribution in [-0.4, -0.2) is 5.54 Å². The van der Waals surface area contributed by atoms with Crippen LogP contribution in [-0.2, 0) is 0 Å². The van der Waals surface area contributed by atoms with E-state index in [0.29, 0.717) is 10.6 Å². The van der Waals surface area contributed by atoms with Gasteiger partial charge in [0.05, 0.1) is 22.3 Å². The van der Waals surface area contributed by atoms with E-state index < -0.39 is 0 Å². The van der Waals surface area contributed by atoms with Crippen LogP contribution < -0.4 is 5.32 Å². The number of hydrogen-bond donors (Lipinski definition) is 1. The first kappa shape index (κ1) is 11.3. The minimum atomic E-state index is 0.0812. The highest BCUT2D eigenvalue weighted by molar-refractivity contribution is 6.33. The van der Waals surface area contributed by atoms with Gasteiger partial charge in [-0.2, -0.15) is 5.26 Å². The van der Waals surface area contributed by atoms with Crippen molar-refractivity contribution in [2.45, 2.75) is 32.2 Å². The minimum absolute atomic E-state index is 0.0812. The topological polar surface area (TPSA) is 35.8 Å². The Balaban J connectivity index is 2.18. The molecule has 0 atom stereocenters. The Morgan fingerprint density at radius 2 is 2.12 bits per heavy atom. The van der Waals surface area contributed by atoms with Crippen LogP contribution in [0.3, 0.4) is 0 Å². The highest BCUT2D eigenvalue weighted by atomic mass is 35.5. The molecule has 0 saturated heterocycles. The van der Waals surface area contributed by atoms with Crippen molar-refractivity contribution >= 4 is 17.3 Å². The monoisotopic (exact) mass is 234 g/mol. The Morgan fingerprint density at radius 1 is 1.44 bits per heavy atom. The molecule has 84 valence electrons. The van der Waals surface area contributed by atoms with Crippen LogP contribution >= 0.6 is 11.6 Å². The van der Waals surface area contributed by atoms with Crippen LogP contribution in [0.2, 0.25) is 5.02 Å². The molecule has 0 unspecified atom stereocenters. The maximum Gasteiger partial charge on any atom is 0.0992 e. The first-order chi connectivity index (χ1) is 7.53. The lowest BCUT2D eigenvalue weighted by Crippen LogP contribution is -2.33. The van der Waals surface area contributed by atoms with Crippen LogP contribution in [0.5, 0.6) is 0 Å². The van der Waals surface area contributed by atoms with E-state index in [1.807, 2.05) is 6.07 Å². The van der Waals surface area contributed by atoms with Gasteiger partial charge in [0.15, 0.2) is 0 Å². The van der Waals surface area contributed by atoms with Gasteiger partial charge < -0.3 is 5.32 Å². The molecule has 1 saturated carbocycles.